The molecule has 0 saturated heterocycles. The number of anilines is 1. The highest BCUT2D eigenvalue weighted by atomic mass is 16.5. The minimum Gasteiger partial charge on any atom is -0.459 e. The van der Waals surface area contributed by atoms with Crippen molar-refractivity contribution in [1.82, 2.24) is 15.0 Å². The minimum absolute atomic E-state index is 0.0529. The van der Waals surface area contributed by atoms with Crippen molar-refractivity contribution in [1.29, 1.82) is 0 Å². The summed E-state index contributed by atoms with van der Waals surface area (Å²) in [7, 11) is 0. The van der Waals surface area contributed by atoms with Gasteiger partial charge in [0.15, 0.2) is 0 Å². The molecule has 0 radical (unpaired) electrons. The number of carbonyl (C=O) groups is 1. The predicted octanol–water partition coefficient (Wildman–Crippen LogP) is 3.05. The number of hydrogen-bond acceptors (Lipinski definition) is 5. The fourth-order valence-corrected chi connectivity index (χ4v) is 2.62. The summed E-state index contributed by atoms with van der Waals surface area (Å²) in [6, 6.07) is 19.7. The summed E-state index contributed by atoms with van der Waals surface area (Å²) in [5.74, 6) is -0.333. The van der Waals surface area contributed by atoms with Crippen LogP contribution >= 0.6 is 0 Å². The molecule has 1 aromatic heterocycles. The average Bonchev–Trinajstić information content (AvgIpc) is 3.13. The van der Waals surface area contributed by atoms with E-state index in [0.29, 0.717) is 6.54 Å². The molecule has 0 aliphatic carbocycles. The van der Waals surface area contributed by atoms with E-state index in [1.165, 1.54) is 4.68 Å². The highest BCUT2D eigenvalue weighted by Crippen LogP contribution is 2.15. The van der Waals surface area contributed by atoms with Crippen LogP contribution in [0.4, 0.5) is 5.69 Å². The van der Waals surface area contributed by atoms with Crippen LogP contribution in [0.3, 0.4) is 0 Å². The Morgan fingerprint density at radius 3 is 2.46 bits per heavy atom. The summed E-state index contributed by atoms with van der Waals surface area (Å²) in [5, 5.41) is 8.20. The molecule has 0 spiro atoms. The lowest BCUT2D eigenvalue weighted by Gasteiger charge is -2.21. The van der Waals surface area contributed by atoms with Gasteiger partial charge in [0.2, 0.25) is 0 Å². The van der Waals surface area contributed by atoms with Gasteiger partial charge in [-0.3, -0.25) is 4.79 Å². The third-order valence-electron chi connectivity index (χ3n) is 3.98. The van der Waals surface area contributed by atoms with E-state index >= 15 is 0 Å². The van der Waals surface area contributed by atoms with Crippen molar-refractivity contribution < 1.29 is 9.53 Å². The van der Waals surface area contributed by atoms with Gasteiger partial charge < -0.3 is 9.64 Å². The second-order valence-corrected chi connectivity index (χ2v) is 5.90. The maximum atomic E-state index is 12.0. The molecule has 0 atom stereocenters. The maximum absolute atomic E-state index is 12.0. The van der Waals surface area contributed by atoms with Crippen molar-refractivity contribution in [3.8, 4) is 0 Å². The first-order valence-corrected chi connectivity index (χ1v) is 8.63. The van der Waals surface area contributed by atoms with Gasteiger partial charge in [-0.25, -0.2) is 4.68 Å². The lowest BCUT2D eigenvalue weighted by molar-refractivity contribution is -0.145. The number of nitrogens with zero attached hydrogens (tertiary/aromatic N) is 4. The standard InChI is InChI=1S/C20H22N4O2/c1-2-23(19-11-7-4-8-12-19)13-18-14-24(22-21-18)15-20(25)26-16-17-9-5-3-6-10-17/h3-12,14H,2,13,15-16H2,1H3. The van der Waals surface area contributed by atoms with Crippen molar-refractivity contribution in [2.45, 2.75) is 26.6 Å². The summed E-state index contributed by atoms with van der Waals surface area (Å²) in [6.07, 6.45) is 1.79. The zero-order chi connectivity index (χ0) is 18.2. The monoisotopic (exact) mass is 350 g/mol. The third-order valence-corrected chi connectivity index (χ3v) is 3.98. The molecule has 0 saturated carbocycles. The molecule has 0 aliphatic heterocycles. The molecule has 3 aromatic rings. The van der Waals surface area contributed by atoms with Gasteiger partial charge in [0.1, 0.15) is 18.8 Å². The van der Waals surface area contributed by atoms with Crippen LogP contribution in [0.2, 0.25) is 0 Å². The van der Waals surface area contributed by atoms with Crippen molar-refractivity contribution in [3.05, 3.63) is 78.1 Å². The van der Waals surface area contributed by atoms with E-state index in [-0.39, 0.29) is 19.1 Å². The zero-order valence-corrected chi connectivity index (χ0v) is 14.8. The molecule has 0 aliphatic rings. The van der Waals surface area contributed by atoms with Gasteiger partial charge in [0.25, 0.3) is 0 Å². The Balaban J connectivity index is 1.53. The predicted molar refractivity (Wildman–Crippen MR) is 99.4 cm³/mol. The fourth-order valence-electron chi connectivity index (χ4n) is 2.62. The second-order valence-electron chi connectivity index (χ2n) is 5.90. The number of esters is 1. The first-order valence-electron chi connectivity index (χ1n) is 8.63. The summed E-state index contributed by atoms with van der Waals surface area (Å²) >= 11 is 0. The smallest absolute Gasteiger partial charge is 0.328 e. The largest absolute Gasteiger partial charge is 0.459 e. The highest BCUT2D eigenvalue weighted by molar-refractivity contribution is 5.69. The number of rotatable bonds is 8. The summed E-state index contributed by atoms with van der Waals surface area (Å²) < 4.78 is 6.79. The molecule has 3 rings (SSSR count). The molecular formula is C20H22N4O2. The number of carbonyl (C=O) groups excluding carboxylic acids is 1. The van der Waals surface area contributed by atoms with E-state index in [1.807, 2.05) is 48.5 Å². The van der Waals surface area contributed by atoms with Crippen LogP contribution in [0.25, 0.3) is 0 Å². The maximum Gasteiger partial charge on any atom is 0.328 e. The van der Waals surface area contributed by atoms with Crippen molar-refractivity contribution in [2.75, 3.05) is 11.4 Å². The molecule has 0 bridgehead atoms. The van der Waals surface area contributed by atoms with Crippen molar-refractivity contribution in [2.24, 2.45) is 0 Å². The zero-order valence-electron chi connectivity index (χ0n) is 14.8. The molecule has 0 fully saturated rings. The van der Waals surface area contributed by atoms with Crippen LogP contribution in [0.15, 0.2) is 66.9 Å². The van der Waals surface area contributed by atoms with E-state index in [9.17, 15) is 4.79 Å². The first-order chi connectivity index (χ1) is 12.7. The molecule has 0 amide bonds. The van der Waals surface area contributed by atoms with Crippen LogP contribution in [0.5, 0.6) is 0 Å². The molecule has 2 aromatic carbocycles. The van der Waals surface area contributed by atoms with E-state index < -0.39 is 0 Å². The average molecular weight is 350 g/mol. The number of para-hydroxylation sites is 1. The van der Waals surface area contributed by atoms with Crippen molar-refractivity contribution >= 4 is 11.7 Å². The van der Waals surface area contributed by atoms with Gasteiger partial charge in [-0.15, -0.1) is 5.10 Å². The second kappa shape index (κ2) is 8.80. The molecule has 26 heavy (non-hydrogen) atoms. The molecule has 6 nitrogen and oxygen atoms in total. The first kappa shape index (κ1) is 17.7. The highest BCUT2D eigenvalue weighted by Gasteiger charge is 2.11. The van der Waals surface area contributed by atoms with Crippen molar-refractivity contribution in [3.63, 3.8) is 0 Å². The Bertz CT molecular complexity index is 818. The Labute approximate surface area is 153 Å². The number of hydrogen-bond donors (Lipinski definition) is 0. The summed E-state index contributed by atoms with van der Waals surface area (Å²) in [6.45, 7) is 3.91. The normalized spacial score (nSPS) is 10.5. The van der Waals surface area contributed by atoms with Crippen LogP contribution < -0.4 is 4.90 Å². The molecule has 0 N–H and O–H groups in total. The lowest BCUT2D eigenvalue weighted by atomic mass is 10.2. The van der Waals surface area contributed by atoms with Crippen LogP contribution in [-0.2, 0) is 29.2 Å². The molecule has 1 heterocycles. The quantitative estimate of drug-likeness (QED) is 0.585. The number of benzene rings is 2. The van der Waals surface area contributed by atoms with Gasteiger partial charge in [-0.05, 0) is 24.6 Å². The number of ether oxygens (including phenoxy) is 1. The van der Waals surface area contributed by atoms with Gasteiger partial charge in [-0.2, -0.15) is 0 Å². The molecule has 0 unspecified atom stereocenters. The van der Waals surface area contributed by atoms with E-state index in [4.69, 9.17) is 4.74 Å². The Hall–Kier alpha value is -3.15. The van der Waals surface area contributed by atoms with Gasteiger partial charge in [0.05, 0.1) is 12.7 Å². The van der Waals surface area contributed by atoms with Gasteiger partial charge in [-0.1, -0.05) is 53.7 Å². The van der Waals surface area contributed by atoms with Crippen LogP contribution in [-0.4, -0.2) is 27.5 Å². The third kappa shape index (κ3) is 4.92. The van der Waals surface area contributed by atoms with Gasteiger partial charge in [0, 0.05) is 12.2 Å². The molecule has 6 heteroatoms. The lowest BCUT2D eigenvalue weighted by Crippen LogP contribution is -2.22. The Morgan fingerprint density at radius 1 is 1.08 bits per heavy atom. The van der Waals surface area contributed by atoms with E-state index in [0.717, 1.165) is 23.5 Å². The van der Waals surface area contributed by atoms with Gasteiger partial charge >= 0.3 is 5.97 Å². The number of aromatic nitrogens is 3. The Kier molecular flexibility index (Phi) is 5.98. The van der Waals surface area contributed by atoms with E-state index in [2.05, 4.69) is 34.3 Å². The minimum atomic E-state index is -0.333. The molecular weight excluding hydrogens is 328 g/mol. The fraction of sp³-hybridized carbons (Fsp3) is 0.250. The SMILES string of the molecule is CCN(Cc1cn(CC(=O)OCc2ccccc2)nn1)c1ccccc1. The van der Waals surface area contributed by atoms with Crippen LogP contribution in [0, 0.1) is 0 Å². The topological polar surface area (TPSA) is 60.2 Å². The molecule has 134 valence electrons. The summed E-state index contributed by atoms with van der Waals surface area (Å²) in [4.78, 5) is 14.2. The summed E-state index contributed by atoms with van der Waals surface area (Å²) in [5.41, 5.74) is 2.90. The Morgan fingerprint density at radius 2 is 1.77 bits per heavy atom. The van der Waals surface area contributed by atoms with Crippen LogP contribution in [0.1, 0.15) is 18.2 Å². The van der Waals surface area contributed by atoms with E-state index in [1.54, 1.807) is 6.20 Å².